The number of aromatic nitrogens is 5. The van der Waals surface area contributed by atoms with Gasteiger partial charge in [-0.1, -0.05) is 6.07 Å². The van der Waals surface area contributed by atoms with Crippen LogP contribution in [0.2, 0.25) is 0 Å². The van der Waals surface area contributed by atoms with Crippen LogP contribution in [0.25, 0.3) is 11.3 Å². The van der Waals surface area contributed by atoms with Crippen molar-refractivity contribution in [3.63, 3.8) is 0 Å². The van der Waals surface area contributed by atoms with Gasteiger partial charge >= 0.3 is 0 Å². The number of aryl methyl sites for hydroxylation is 1. The van der Waals surface area contributed by atoms with Crippen LogP contribution in [-0.2, 0) is 13.0 Å². The van der Waals surface area contributed by atoms with Crippen molar-refractivity contribution >= 4 is 5.82 Å². The molecule has 0 bridgehead atoms. The van der Waals surface area contributed by atoms with Gasteiger partial charge < -0.3 is 15.4 Å². The van der Waals surface area contributed by atoms with Gasteiger partial charge in [0.15, 0.2) is 11.6 Å². The predicted octanol–water partition coefficient (Wildman–Crippen LogP) is 3.89. The molecule has 2 N–H and O–H groups in total. The van der Waals surface area contributed by atoms with Crippen molar-refractivity contribution in [2.75, 3.05) is 19.3 Å². The fraction of sp³-hybridized carbons (Fsp3) is 0.269. The first-order valence-electron chi connectivity index (χ1n) is 11.4. The van der Waals surface area contributed by atoms with Crippen LogP contribution < -0.4 is 10.5 Å². The summed E-state index contributed by atoms with van der Waals surface area (Å²) in [5.41, 5.74) is 13.1. The normalized spacial score (nSPS) is 14.2. The molecule has 4 aromatic rings. The lowest BCUT2D eigenvalue weighted by atomic mass is 9.92. The number of hydrogen-bond acceptors (Lipinski definition) is 8. The SMILES string of the molecule is Cc1cc(-c2cnc(N)c(Oc3cnn(C(C)c4ccc(C#N)nc4)c3)n2)cc2c1CCN(C)C2. The summed E-state index contributed by atoms with van der Waals surface area (Å²) in [7, 11) is 2.14. The smallest absolute Gasteiger partial charge is 0.263 e. The third-order valence-corrected chi connectivity index (χ3v) is 6.38. The van der Waals surface area contributed by atoms with Gasteiger partial charge in [-0.25, -0.2) is 15.0 Å². The van der Waals surface area contributed by atoms with Gasteiger partial charge in [0.1, 0.15) is 11.8 Å². The van der Waals surface area contributed by atoms with Gasteiger partial charge in [0.25, 0.3) is 5.88 Å². The fourth-order valence-electron chi connectivity index (χ4n) is 4.37. The van der Waals surface area contributed by atoms with Gasteiger partial charge in [-0.3, -0.25) is 4.68 Å². The van der Waals surface area contributed by atoms with Crippen LogP contribution in [0.15, 0.2) is 49.1 Å². The molecule has 1 aromatic carbocycles. The molecule has 0 saturated heterocycles. The van der Waals surface area contributed by atoms with Crippen molar-refractivity contribution in [1.82, 2.24) is 29.6 Å². The minimum absolute atomic E-state index is 0.0982. The highest BCUT2D eigenvalue weighted by Gasteiger charge is 2.18. The third kappa shape index (κ3) is 4.56. The number of fused-ring (bicyclic) bond motifs is 1. The van der Waals surface area contributed by atoms with E-state index in [1.807, 2.05) is 19.1 Å². The Morgan fingerprint density at radius 3 is 2.80 bits per heavy atom. The minimum atomic E-state index is -0.0982. The Labute approximate surface area is 203 Å². The quantitative estimate of drug-likeness (QED) is 0.471. The van der Waals surface area contributed by atoms with E-state index in [0.29, 0.717) is 17.1 Å². The summed E-state index contributed by atoms with van der Waals surface area (Å²) in [5.74, 6) is 0.947. The number of nitrogen functional groups attached to an aromatic ring is 1. The van der Waals surface area contributed by atoms with Crippen LogP contribution in [0.5, 0.6) is 11.6 Å². The average molecular weight is 467 g/mol. The molecule has 0 saturated carbocycles. The standard InChI is InChI=1S/C26H26N8O/c1-16-8-19(9-20-14-33(3)7-6-23(16)20)24-13-30-25(28)26(32-24)35-22-12-31-34(15-22)17(2)18-4-5-21(10-27)29-11-18/h4-5,8-9,11-13,15,17H,6-7,14H2,1-3H3,(H2,28,30). The Morgan fingerprint density at radius 2 is 2.03 bits per heavy atom. The molecule has 1 unspecified atom stereocenters. The zero-order valence-corrected chi connectivity index (χ0v) is 19.9. The first-order chi connectivity index (χ1) is 16.9. The zero-order valence-electron chi connectivity index (χ0n) is 19.9. The van der Waals surface area contributed by atoms with Crippen molar-refractivity contribution in [2.45, 2.75) is 32.9 Å². The Hall–Kier alpha value is -4.29. The molecule has 4 heterocycles. The van der Waals surface area contributed by atoms with E-state index in [1.54, 1.807) is 35.5 Å². The van der Waals surface area contributed by atoms with E-state index in [-0.39, 0.29) is 17.7 Å². The maximum Gasteiger partial charge on any atom is 0.263 e. The zero-order chi connectivity index (χ0) is 24.5. The van der Waals surface area contributed by atoms with Crippen molar-refractivity contribution in [2.24, 2.45) is 0 Å². The second-order valence-electron chi connectivity index (χ2n) is 8.89. The van der Waals surface area contributed by atoms with E-state index in [2.05, 4.69) is 51.1 Å². The van der Waals surface area contributed by atoms with Crippen LogP contribution in [-0.4, -0.2) is 43.2 Å². The molecule has 35 heavy (non-hydrogen) atoms. The van der Waals surface area contributed by atoms with Gasteiger partial charge in [0.05, 0.1) is 30.3 Å². The van der Waals surface area contributed by atoms with E-state index in [1.165, 1.54) is 16.7 Å². The molecule has 9 nitrogen and oxygen atoms in total. The molecule has 0 radical (unpaired) electrons. The monoisotopic (exact) mass is 466 g/mol. The third-order valence-electron chi connectivity index (χ3n) is 6.38. The molecular formula is C26H26N8O. The van der Waals surface area contributed by atoms with E-state index < -0.39 is 0 Å². The second-order valence-corrected chi connectivity index (χ2v) is 8.89. The maximum absolute atomic E-state index is 8.95. The summed E-state index contributed by atoms with van der Waals surface area (Å²) in [4.78, 5) is 15.5. The summed E-state index contributed by atoms with van der Waals surface area (Å²) in [6, 6.07) is 9.82. The summed E-state index contributed by atoms with van der Waals surface area (Å²) in [5, 5.41) is 13.4. The lowest BCUT2D eigenvalue weighted by Gasteiger charge is -2.27. The molecule has 5 rings (SSSR count). The topological polar surface area (TPSA) is 119 Å². The van der Waals surface area contributed by atoms with Crippen LogP contribution >= 0.6 is 0 Å². The predicted molar refractivity (Wildman–Crippen MR) is 132 cm³/mol. The Bertz CT molecular complexity index is 1420. The largest absolute Gasteiger partial charge is 0.433 e. The first-order valence-corrected chi connectivity index (χ1v) is 11.4. The van der Waals surface area contributed by atoms with E-state index in [9.17, 15) is 0 Å². The molecule has 0 amide bonds. The lowest BCUT2D eigenvalue weighted by molar-refractivity contribution is 0.312. The Kier molecular flexibility index (Phi) is 5.89. The number of anilines is 1. The van der Waals surface area contributed by atoms with E-state index in [0.717, 1.165) is 30.6 Å². The molecule has 1 aliphatic rings. The molecule has 0 spiro atoms. The first kappa shape index (κ1) is 22.5. The van der Waals surface area contributed by atoms with Crippen molar-refractivity contribution in [3.05, 3.63) is 77.0 Å². The van der Waals surface area contributed by atoms with E-state index >= 15 is 0 Å². The Morgan fingerprint density at radius 1 is 1.17 bits per heavy atom. The van der Waals surface area contributed by atoms with Crippen molar-refractivity contribution < 1.29 is 4.74 Å². The Balaban J connectivity index is 1.39. The van der Waals surface area contributed by atoms with E-state index in [4.69, 9.17) is 15.7 Å². The van der Waals surface area contributed by atoms with Crippen LogP contribution in [0.1, 0.15) is 40.9 Å². The molecule has 0 fully saturated rings. The molecule has 0 aliphatic carbocycles. The number of likely N-dealkylation sites (N-methyl/N-ethyl adjacent to an activating group) is 1. The van der Waals surface area contributed by atoms with Crippen molar-refractivity contribution in [3.8, 4) is 29.0 Å². The van der Waals surface area contributed by atoms with Gasteiger partial charge in [-0.05, 0) is 67.8 Å². The maximum atomic E-state index is 8.95. The average Bonchev–Trinajstić information content (AvgIpc) is 3.33. The number of pyridine rings is 1. The number of nitriles is 1. The number of nitrogens with two attached hydrogens (primary N) is 1. The van der Waals surface area contributed by atoms with Gasteiger partial charge in [-0.2, -0.15) is 10.4 Å². The summed E-state index contributed by atoms with van der Waals surface area (Å²) >= 11 is 0. The number of benzene rings is 1. The van der Waals surface area contributed by atoms with Crippen molar-refractivity contribution in [1.29, 1.82) is 5.26 Å². The number of hydrogen-bond donors (Lipinski definition) is 1. The number of ether oxygens (including phenoxy) is 1. The van der Waals surface area contributed by atoms with Gasteiger partial charge in [-0.15, -0.1) is 0 Å². The molecule has 1 aliphatic heterocycles. The highest BCUT2D eigenvalue weighted by Crippen LogP contribution is 2.31. The molecule has 9 heteroatoms. The van der Waals surface area contributed by atoms with Crippen LogP contribution in [0.3, 0.4) is 0 Å². The van der Waals surface area contributed by atoms with Crippen LogP contribution in [0.4, 0.5) is 5.82 Å². The number of nitrogens with zero attached hydrogens (tertiary/aromatic N) is 7. The minimum Gasteiger partial charge on any atom is -0.433 e. The molecule has 176 valence electrons. The molecule has 3 aromatic heterocycles. The van der Waals surface area contributed by atoms with Gasteiger partial charge in [0, 0.05) is 24.8 Å². The van der Waals surface area contributed by atoms with Crippen LogP contribution in [0, 0.1) is 18.3 Å². The summed E-state index contributed by atoms with van der Waals surface area (Å²) < 4.78 is 7.74. The molecule has 1 atom stereocenters. The highest BCUT2D eigenvalue weighted by molar-refractivity contribution is 5.64. The summed E-state index contributed by atoms with van der Waals surface area (Å²) in [6.45, 7) is 6.13. The summed E-state index contributed by atoms with van der Waals surface area (Å²) in [6.07, 6.45) is 7.80. The fourth-order valence-corrected chi connectivity index (χ4v) is 4.37. The van der Waals surface area contributed by atoms with Gasteiger partial charge in [0.2, 0.25) is 0 Å². The second kappa shape index (κ2) is 9.16. The lowest BCUT2D eigenvalue weighted by Crippen LogP contribution is -2.27. The number of rotatable bonds is 5. The molecular weight excluding hydrogens is 440 g/mol. The highest BCUT2D eigenvalue weighted by atomic mass is 16.5.